The summed E-state index contributed by atoms with van der Waals surface area (Å²) in [5.74, 6) is 0.242. The van der Waals surface area contributed by atoms with Crippen LogP contribution in [0, 0.1) is 5.92 Å². The van der Waals surface area contributed by atoms with Gasteiger partial charge in [-0.25, -0.2) is 0 Å². The highest BCUT2D eigenvalue weighted by Crippen LogP contribution is 2.25. The van der Waals surface area contributed by atoms with Gasteiger partial charge in [0, 0.05) is 6.42 Å². The molecule has 0 bridgehead atoms. The van der Waals surface area contributed by atoms with Crippen LogP contribution in [0.15, 0.2) is 24.3 Å². The lowest BCUT2D eigenvalue weighted by atomic mass is 9.86. The number of hydrogen-bond acceptors (Lipinski definition) is 4. The van der Waals surface area contributed by atoms with E-state index in [4.69, 9.17) is 4.74 Å². The van der Waals surface area contributed by atoms with Gasteiger partial charge in [0.05, 0.1) is 19.6 Å². The third kappa shape index (κ3) is 6.13. The highest BCUT2D eigenvalue weighted by Gasteiger charge is 2.22. The molecule has 0 saturated carbocycles. The second kappa shape index (κ2) is 9.17. The van der Waals surface area contributed by atoms with Gasteiger partial charge in [-0.05, 0) is 48.4 Å². The molecule has 2 N–H and O–H groups in total. The first-order chi connectivity index (χ1) is 12.3. The van der Waals surface area contributed by atoms with E-state index in [1.54, 1.807) is 0 Å². The third-order valence-corrected chi connectivity index (χ3v) is 5.05. The fourth-order valence-electron chi connectivity index (χ4n) is 3.28. The van der Waals surface area contributed by atoms with Crippen LogP contribution in [0.3, 0.4) is 0 Å². The molecule has 1 fully saturated rings. The summed E-state index contributed by atoms with van der Waals surface area (Å²) in [5, 5.41) is 6.34. The molecule has 26 heavy (non-hydrogen) atoms. The minimum absolute atomic E-state index is 0.00861. The molecule has 1 saturated heterocycles. The molecule has 1 aliphatic heterocycles. The van der Waals surface area contributed by atoms with Crippen molar-refractivity contribution in [2.45, 2.75) is 57.9 Å². The van der Waals surface area contributed by atoms with E-state index in [1.165, 1.54) is 12.7 Å². The number of methoxy groups -OCH3 is 1. The summed E-state index contributed by atoms with van der Waals surface area (Å²) in [7, 11) is 1.37. The van der Waals surface area contributed by atoms with Crippen molar-refractivity contribution in [3.05, 3.63) is 35.4 Å². The molecule has 0 radical (unpaired) electrons. The monoisotopic (exact) mass is 360 g/mol. The molecule has 1 aromatic carbocycles. The predicted molar refractivity (Wildman–Crippen MR) is 103 cm³/mol. The molecule has 1 heterocycles. The van der Waals surface area contributed by atoms with Gasteiger partial charge >= 0.3 is 5.97 Å². The van der Waals surface area contributed by atoms with E-state index < -0.39 is 0 Å². The summed E-state index contributed by atoms with van der Waals surface area (Å²) < 4.78 is 4.80. The Kier molecular flexibility index (Phi) is 7.21. The van der Waals surface area contributed by atoms with E-state index in [1.807, 2.05) is 12.1 Å². The molecular formula is C21H32N2O3. The summed E-state index contributed by atoms with van der Waals surface area (Å²) in [6, 6.07) is 7.77. The highest BCUT2D eigenvalue weighted by molar-refractivity contribution is 5.78. The molecule has 144 valence electrons. The Labute approximate surface area is 156 Å². The maximum atomic E-state index is 12.4. The van der Waals surface area contributed by atoms with Crippen LogP contribution in [0.5, 0.6) is 0 Å². The van der Waals surface area contributed by atoms with Gasteiger partial charge < -0.3 is 15.4 Å². The van der Waals surface area contributed by atoms with Gasteiger partial charge in [0.2, 0.25) is 5.91 Å². The molecule has 5 nitrogen and oxygen atoms in total. The van der Waals surface area contributed by atoms with Crippen LogP contribution in [0.1, 0.15) is 63.6 Å². The van der Waals surface area contributed by atoms with E-state index in [-0.39, 0.29) is 29.8 Å². The molecule has 0 spiro atoms. The van der Waals surface area contributed by atoms with Crippen LogP contribution in [-0.4, -0.2) is 32.1 Å². The molecule has 2 atom stereocenters. The second-order valence-corrected chi connectivity index (χ2v) is 8.17. The van der Waals surface area contributed by atoms with Crippen molar-refractivity contribution in [2.24, 2.45) is 5.92 Å². The smallest absolute Gasteiger partial charge is 0.307 e. The zero-order chi connectivity index (χ0) is 19.2. The summed E-state index contributed by atoms with van der Waals surface area (Å²) in [6.45, 7) is 8.51. The van der Waals surface area contributed by atoms with Gasteiger partial charge in [0.15, 0.2) is 0 Å². The highest BCUT2D eigenvalue weighted by atomic mass is 16.5. The fraction of sp³-hybridized carbons (Fsp3) is 0.619. The Balaban J connectivity index is 2.02. The molecule has 5 heteroatoms. The van der Waals surface area contributed by atoms with Crippen LogP contribution in [-0.2, 0) is 19.7 Å². The largest absolute Gasteiger partial charge is 0.469 e. The zero-order valence-corrected chi connectivity index (χ0v) is 16.4. The Bertz CT molecular complexity index is 599. The van der Waals surface area contributed by atoms with E-state index >= 15 is 0 Å². The molecule has 1 aromatic rings. The van der Waals surface area contributed by atoms with Crippen LogP contribution in [0.4, 0.5) is 0 Å². The van der Waals surface area contributed by atoms with Crippen LogP contribution < -0.4 is 10.6 Å². The first-order valence-electron chi connectivity index (χ1n) is 9.47. The minimum atomic E-state index is -0.356. The Morgan fingerprint density at radius 2 is 1.96 bits per heavy atom. The van der Waals surface area contributed by atoms with E-state index in [2.05, 4.69) is 43.5 Å². The third-order valence-electron chi connectivity index (χ3n) is 5.05. The topological polar surface area (TPSA) is 67.4 Å². The van der Waals surface area contributed by atoms with E-state index in [0.29, 0.717) is 12.3 Å². The Hall–Kier alpha value is -1.88. The van der Waals surface area contributed by atoms with E-state index in [9.17, 15) is 9.59 Å². The van der Waals surface area contributed by atoms with Crippen molar-refractivity contribution in [3.8, 4) is 0 Å². The molecule has 0 aliphatic carbocycles. The molecule has 2 rings (SSSR count). The average molecular weight is 360 g/mol. The van der Waals surface area contributed by atoms with Crippen LogP contribution in [0.25, 0.3) is 0 Å². The lowest BCUT2D eigenvalue weighted by Crippen LogP contribution is -2.30. The lowest BCUT2D eigenvalue weighted by molar-refractivity contribution is -0.141. The summed E-state index contributed by atoms with van der Waals surface area (Å²) >= 11 is 0. The van der Waals surface area contributed by atoms with Crippen molar-refractivity contribution in [2.75, 3.05) is 20.2 Å². The predicted octanol–water partition coefficient (Wildman–Crippen LogP) is 3.09. The average Bonchev–Trinajstić information content (AvgIpc) is 3.12. The van der Waals surface area contributed by atoms with Crippen LogP contribution in [0.2, 0.25) is 0 Å². The molecule has 2 unspecified atom stereocenters. The molecule has 0 aromatic heterocycles. The zero-order valence-electron chi connectivity index (χ0n) is 16.4. The molecular weight excluding hydrogens is 328 g/mol. The van der Waals surface area contributed by atoms with Gasteiger partial charge in [-0.1, -0.05) is 45.0 Å². The van der Waals surface area contributed by atoms with Crippen molar-refractivity contribution >= 4 is 11.9 Å². The SMILES string of the molecule is COC(=O)CC(NC(=O)CCC1CCNC1)c1ccc(C(C)(C)C)cc1. The van der Waals surface area contributed by atoms with Gasteiger partial charge in [0.1, 0.15) is 0 Å². The maximum absolute atomic E-state index is 12.4. The summed E-state index contributed by atoms with van der Waals surface area (Å²) in [5.41, 5.74) is 2.21. The normalized spacial score (nSPS) is 18.4. The maximum Gasteiger partial charge on any atom is 0.307 e. The first kappa shape index (κ1) is 20.4. The number of rotatable bonds is 7. The standard InChI is InChI=1S/C21H32N2O3/c1-21(2,3)17-8-6-16(7-9-17)18(13-20(25)26-4)23-19(24)10-5-15-11-12-22-14-15/h6-9,15,18,22H,5,10-14H2,1-4H3,(H,23,24). The quantitative estimate of drug-likeness (QED) is 0.733. The number of benzene rings is 1. The lowest BCUT2D eigenvalue weighted by Gasteiger charge is -2.22. The van der Waals surface area contributed by atoms with Crippen molar-refractivity contribution in [3.63, 3.8) is 0 Å². The van der Waals surface area contributed by atoms with Crippen molar-refractivity contribution in [1.29, 1.82) is 0 Å². The minimum Gasteiger partial charge on any atom is -0.469 e. The van der Waals surface area contributed by atoms with E-state index in [0.717, 1.165) is 31.5 Å². The summed E-state index contributed by atoms with van der Waals surface area (Å²) in [6.07, 6.45) is 2.64. The number of esters is 1. The van der Waals surface area contributed by atoms with Gasteiger partial charge in [-0.15, -0.1) is 0 Å². The first-order valence-corrected chi connectivity index (χ1v) is 9.47. The second-order valence-electron chi connectivity index (χ2n) is 8.17. The van der Waals surface area contributed by atoms with Gasteiger partial charge in [-0.3, -0.25) is 9.59 Å². The number of carbonyl (C=O) groups is 2. The molecule has 1 amide bonds. The number of amides is 1. The van der Waals surface area contributed by atoms with Crippen LogP contribution >= 0.6 is 0 Å². The van der Waals surface area contributed by atoms with Crippen molar-refractivity contribution < 1.29 is 14.3 Å². The van der Waals surface area contributed by atoms with Crippen molar-refractivity contribution in [1.82, 2.24) is 10.6 Å². The van der Waals surface area contributed by atoms with Gasteiger partial charge in [-0.2, -0.15) is 0 Å². The fourth-order valence-corrected chi connectivity index (χ4v) is 3.28. The molecule has 1 aliphatic rings. The summed E-state index contributed by atoms with van der Waals surface area (Å²) in [4.78, 5) is 24.2. The van der Waals surface area contributed by atoms with Gasteiger partial charge in [0.25, 0.3) is 0 Å². The number of nitrogens with one attached hydrogen (secondary N) is 2. The Morgan fingerprint density at radius 3 is 2.50 bits per heavy atom. The number of carbonyl (C=O) groups excluding carboxylic acids is 2. The number of ether oxygens (including phenoxy) is 1. The number of hydrogen-bond donors (Lipinski definition) is 2. The Morgan fingerprint density at radius 1 is 1.27 bits per heavy atom.